The van der Waals surface area contributed by atoms with Gasteiger partial charge >= 0.3 is 5.97 Å². The van der Waals surface area contributed by atoms with Crippen LogP contribution in [0.3, 0.4) is 0 Å². The summed E-state index contributed by atoms with van der Waals surface area (Å²) in [5.74, 6) is -0.0903. The van der Waals surface area contributed by atoms with Crippen LogP contribution < -0.4 is 10.1 Å². The molecule has 0 saturated carbocycles. The summed E-state index contributed by atoms with van der Waals surface area (Å²) in [5.41, 5.74) is 3.47. The van der Waals surface area contributed by atoms with Crippen LogP contribution in [0.4, 0.5) is 5.69 Å². The molecule has 0 unspecified atom stereocenters. The Hall–Kier alpha value is -2.82. The summed E-state index contributed by atoms with van der Waals surface area (Å²) in [6.07, 6.45) is -0.101. The Morgan fingerprint density at radius 2 is 1.70 bits per heavy atom. The molecule has 0 fully saturated rings. The number of carbonyl (C=O) groups is 2. The van der Waals surface area contributed by atoms with E-state index in [4.69, 9.17) is 9.47 Å². The van der Waals surface area contributed by atoms with Gasteiger partial charge in [-0.25, -0.2) is 4.79 Å². The molecule has 0 aliphatic carbocycles. The third-order valence-electron chi connectivity index (χ3n) is 4.51. The molecule has 1 amide bonds. The van der Waals surface area contributed by atoms with Crippen LogP contribution in [0, 0.1) is 13.8 Å². The molecular formula is C22H27NO4. The van der Waals surface area contributed by atoms with E-state index in [9.17, 15) is 9.59 Å². The molecule has 0 aliphatic rings. The topological polar surface area (TPSA) is 64.6 Å². The molecule has 5 heteroatoms. The van der Waals surface area contributed by atoms with Crippen molar-refractivity contribution < 1.29 is 19.1 Å². The van der Waals surface area contributed by atoms with E-state index in [0.717, 1.165) is 23.2 Å². The number of hydrogen-bond donors (Lipinski definition) is 1. The number of amides is 1. The van der Waals surface area contributed by atoms with Crippen LogP contribution in [0.25, 0.3) is 0 Å². The van der Waals surface area contributed by atoms with Crippen molar-refractivity contribution in [2.45, 2.75) is 53.2 Å². The van der Waals surface area contributed by atoms with Gasteiger partial charge in [0.25, 0.3) is 5.91 Å². The number of carbonyl (C=O) groups excluding carboxylic acids is 2. The highest BCUT2D eigenvalue weighted by Gasteiger charge is 2.18. The Bertz CT molecular complexity index is 798. The molecule has 0 bridgehead atoms. The predicted octanol–water partition coefficient (Wildman–Crippen LogP) is 4.66. The molecule has 144 valence electrons. The fraction of sp³-hybridized carbons (Fsp3) is 0.364. The lowest BCUT2D eigenvalue weighted by Crippen LogP contribution is -2.29. The molecule has 2 rings (SSSR count). The zero-order valence-electron chi connectivity index (χ0n) is 16.5. The lowest BCUT2D eigenvalue weighted by molar-refractivity contribution is -0.155. The maximum Gasteiger partial charge on any atom is 0.347 e. The molecule has 0 spiro atoms. The molecule has 0 aromatic heterocycles. The van der Waals surface area contributed by atoms with Gasteiger partial charge in [-0.2, -0.15) is 0 Å². The van der Waals surface area contributed by atoms with Crippen LogP contribution >= 0.6 is 0 Å². The summed E-state index contributed by atoms with van der Waals surface area (Å²) in [5, 5.41) is 2.92. The highest BCUT2D eigenvalue weighted by molar-refractivity contribution is 6.04. The SMILES string of the molecule is CC[C@H](C)OC(=O)[C@@H](C)Oc1ccc(C(=O)Nc2cccc(C)c2C)cc1. The molecule has 0 saturated heterocycles. The second-order valence-electron chi connectivity index (χ2n) is 6.64. The van der Waals surface area contributed by atoms with Gasteiger partial charge in [-0.3, -0.25) is 4.79 Å². The van der Waals surface area contributed by atoms with Gasteiger partial charge < -0.3 is 14.8 Å². The minimum atomic E-state index is -0.714. The first-order valence-corrected chi connectivity index (χ1v) is 9.16. The molecule has 5 nitrogen and oxygen atoms in total. The molecule has 2 aromatic carbocycles. The molecular weight excluding hydrogens is 342 g/mol. The molecule has 27 heavy (non-hydrogen) atoms. The number of nitrogens with one attached hydrogen (secondary N) is 1. The second-order valence-corrected chi connectivity index (χ2v) is 6.64. The Balaban J connectivity index is 1.99. The van der Waals surface area contributed by atoms with Crippen LogP contribution in [0.1, 0.15) is 48.7 Å². The second kappa shape index (κ2) is 9.21. The number of hydrogen-bond acceptors (Lipinski definition) is 4. The largest absolute Gasteiger partial charge is 0.479 e. The molecule has 0 aliphatic heterocycles. The van der Waals surface area contributed by atoms with Crippen molar-refractivity contribution in [1.82, 2.24) is 0 Å². The lowest BCUT2D eigenvalue weighted by Gasteiger charge is -2.17. The quantitative estimate of drug-likeness (QED) is 0.721. The average Bonchev–Trinajstić information content (AvgIpc) is 2.65. The minimum absolute atomic E-state index is 0.139. The van der Waals surface area contributed by atoms with Gasteiger partial charge in [-0.1, -0.05) is 19.1 Å². The molecule has 0 heterocycles. The smallest absolute Gasteiger partial charge is 0.347 e. The number of anilines is 1. The number of esters is 1. The van der Waals surface area contributed by atoms with E-state index in [1.54, 1.807) is 31.2 Å². The fourth-order valence-electron chi connectivity index (χ4n) is 2.40. The standard InChI is InChI=1S/C22H27NO4/c1-6-15(3)26-22(25)17(5)27-19-12-10-18(11-13-19)21(24)23-20-9-7-8-14(2)16(20)4/h7-13,15,17H,6H2,1-5H3,(H,23,24)/t15-,17+/m0/s1. The third kappa shape index (κ3) is 5.58. The number of ether oxygens (including phenoxy) is 2. The summed E-state index contributed by atoms with van der Waals surface area (Å²) in [6.45, 7) is 9.41. The van der Waals surface area contributed by atoms with Crippen molar-refractivity contribution in [3.05, 3.63) is 59.2 Å². The van der Waals surface area contributed by atoms with Crippen molar-refractivity contribution in [2.75, 3.05) is 5.32 Å². The van der Waals surface area contributed by atoms with Crippen LogP contribution in [0.15, 0.2) is 42.5 Å². The maximum absolute atomic E-state index is 12.4. The van der Waals surface area contributed by atoms with E-state index in [1.807, 2.05) is 45.9 Å². The monoisotopic (exact) mass is 369 g/mol. The van der Waals surface area contributed by atoms with E-state index in [0.29, 0.717) is 11.3 Å². The van der Waals surface area contributed by atoms with E-state index in [2.05, 4.69) is 5.32 Å². The van der Waals surface area contributed by atoms with Gasteiger partial charge in [0.15, 0.2) is 6.10 Å². The van der Waals surface area contributed by atoms with Gasteiger partial charge in [0.05, 0.1) is 6.10 Å². The van der Waals surface area contributed by atoms with Crippen molar-refractivity contribution in [3.63, 3.8) is 0 Å². The van der Waals surface area contributed by atoms with E-state index < -0.39 is 12.1 Å². The van der Waals surface area contributed by atoms with Crippen molar-refractivity contribution in [1.29, 1.82) is 0 Å². The first-order valence-electron chi connectivity index (χ1n) is 9.16. The first kappa shape index (κ1) is 20.5. The summed E-state index contributed by atoms with van der Waals surface area (Å²) in [6, 6.07) is 12.5. The van der Waals surface area contributed by atoms with E-state index in [-0.39, 0.29) is 12.0 Å². The minimum Gasteiger partial charge on any atom is -0.479 e. The molecule has 1 N–H and O–H groups in total. The maximum atomic E-state index is 12.4. The van der Waals surface area contributed by atoms with Crippen LogP contribution in [0.5, 0.6) is 5.75 Å². The van der Waals surface area contributed by atoms with Gasteiger partial charge in [0.2, 0.25) is 0 Å². The zero-order valence-corrected chi connectivity index (χ0v) is 16.5. The van der Waals surface area contributed by atoms with E-state index in [1.165, 1.54) is 0 Å². The molecule has 0 radical (unpaired) electrons. The van der Waals surface area contributed by atoms with Crippen molar-refractivity contribution in [2.24, 2.45) is 0 Å². The van der Waals surface area contributed by atoms with Crippen LogP contribution in [0.2, 0.25) is 0 Å². The van der Waals surface area contributed by atoms with Gasteiger partial charge in [0.1, 0.15) is 5.75 Å². The Labute approximate surface area is 160 Å². The van der Waals surface area contributed by atoms with E-state index >= 15 is 0 Å². The summed E-state index contributed by atoms with van der Waals surface area (Å²) >= 11 is 0. The Morgan fingerprint density at radius 3 is 2.33 bits per heavy atom. The zero-order chi connectivity index (χ0) is 20.0. The molecule has 2 aromatic rings. The number of benzene rings is 2. The van der Waals surface area contributed by atoms with Gasteiger partial charge in [-0.05, 0) is 75.6 Å². The Kier molecular flexibility index (Phi) is 6.99. The number of aryl methyl sites for hydroxylation is 1. The Morgan fingerprint density at radius 1 is 1.04 bits per heavy atom. The third-order valence-corrected chi connectivity index (χ3v) is 4.51. The summed E-state index contributed by atoms with van der Waals surface area (Å²) in [7, 11) is 0. The lowest BCUT2D eigenvalue weighted by atomic mass is 10.1. The average molecular weight is 369 g/mol. The van der Waals surface area contributed by atoms with Gasteiger partial charge in [-0.15, -0.1) is 0 Å². The van der Waals surface area contributed by atoms with Crippen molar-refractivity contribution in [3.8, 4) is 5.75 Å². The van der Waals surface area contributed by atoms with Crippen LogP contribution in [-0.4, -0.2) is 24.1 Å². The highest BCUT2D eigenvalue weighted by atomic mass is 16.6. The summed E-state index contributed by atoms with van der Waals surface area (Å²) < 4.78 is 10.9. The normalized spacial score (nSPS) is 12.8. The highest BCUT2D eigenvalue weighted by Crippen LogP contribution is 2.20. The van der Waals surface area contributed by atoms with Gasteiger partial charge in [0, 0.05) is 11.3 Å². The van der Waals surface area contributed by atoms with Crippen molar-refractivity contribution >= 4 is 17.6 Å². The fourth-order valence-corrected chi connectivity index (χ4v) is 2.40. The molecule has 2 atom stereocenters. The number of rotatable bonds is 7. The van der Waals surface area contributed by atoms with Crippen LogP contribution in [-0.2, 0) is 9.53 Å². The summed E-state index contributed by atoms with van der Waals surface area (Å²) in [4.78, 5) is 24.4. The predicted molar refractivity (Wildman–Crippen MR) is 106 cm³/mol. The first-order chi connectivity index (χ1) is 12.8.